The third-order valence-corrected chi connectivity index (χ3v) is 5.50. The summed E-state index contributed by atoms with van der Waals surface area (Å²) in [6.45, 7) is 3.29. The number of nitrogens with zero attached hydrogens (tertiary/aromatic N) is 2. The maximum absolute atomic E-state index is 12.9. The lowest BCUT2D eigenvalue weighted by Gasteiger charge is -2.16. The Morgan fingerprint density at radius 3 is 2.70 bits per heavy atom. The van der Waals surface area contributed by atoms with Gasteiger partial charge in [-0.25, -0.2) is 9.78 Å². The van der Waals surface area contributed by atoms with Crippen molar-refractivity contribution in [3.8, 4) is 0 Å². The predicted molar refractivity (Wildman–Crippen MR) is 84.3 cm³/mol. The highest BCUT2D eigenvalue weighted by atomic mass is 32.1. The van der Waals surface area contributed by atoms with Crippen LogP contribution in [-0.4, -0.2) is 31.7 Å². The summed E-state index contributed by atoms with van der Waals surface area (Å²) in [4.78, 5) is 41.5. The van der Waals surface area contributed by atoms with Crippen molar-refractivity contribution in [1.82, 2.24) is 9.55 Å². The van der Waals surface area contributed by atoms with Gasteiger partial charge in [0.15, 0.2) is 0 Å². The fourth-order valence-electron chi connectivity index (χ4n) is 3.29. The average molecular weight is 336 g/mol. The first-order valence-electron chi connectivity index (χ1n) is 7.36. The summed E-state index contributed by atoms with van der Waals surface area (Å²) in [5, 5.41) is 19.0. The third-order valence-electron chi connectivity index (χ3n) is 4.34. The molecule has 1 aliphatic rings. The molecule has 122 valence electrons. The summed E-state index contributed by atoms with van der Waals surface area (Å²) in [5.41, 5.74) is 0.0800. The van der Waals surface area contributed by atoms with Crippen LogP contribution in [0.25, 0.3) is 10.2 Å². The molecule has 1 aliphatic carbocycles. The van der Waals surface area contributed by atoms with Crippen LogP contribution in [-0.2, 0) is 16.0 Å². The van der Waals surface area contributed by atoms with Gasteiger partial charge in [-0.3, -0.25) is 14.2 Å². The highest BCUT2D eigenvalue weighted by molar-refractivity contribution is 7.18. The van der Waals surface area contributed by atoms with Crippen LogP contribution in [0.2, 0.25) is 0 Å². The Balaban J connectivity index is 2.34. The van der Waals surface area contributed by atoms with Crippen LogP contribution in [0.1, 0.15) is 48.0 Å². The number of carboxylic acid groups (broad SMARTS) is 2. The van der Waals surface area contributed by atoms with Gasteiger partial charge in [-0.1, -0.05) is 6.92 Å². The number of aryl methyl sites for hydroxylation is 2. The van der Waals surface area contributed by atoms with E-state index in [1.165, 1.54) is 15.9 Å². The van der Waals surface area contributed by atoms with Gasteiger partial charge in [0.2, 0.25) is 0 Å². The standard InChI is InChI=1S/C15H16N2O5S/c1-3-8(15(21)22)17-6(2)16-12-11(13(17)18)10-7(14(19)20)4-5-9(10)23-12/h7-8H,3-5H2,1-2H3,(H,19,20)(H,21,22). The summed E-state index contributed by atoms with van der Waals surface area (Å²) in [5.74, 6) is -2.43. The van der Waals surface area contributed by atoms with E-state index in [2.05, 4.69) is 4.98 Å². The molecule has 0 bridgehead atoms. The Morgan fingerprint density at radius 2 is 2.13 bits per heavy atom. The van der Waals surface area contributed by atoms with Gasteiger partial charge in [0, 0.05) is 4.88 Å². The molecule has 2 aromatic heterocycles. The van der Waals surface area contributed by atoms with Gasteiger partial charge in [-0.05, 0) is 31.7 Å². The van der Waals surface area contributed by atoms with E-state index < -0.39 is 29.5 Å². The number of carbonyl (C=O) groups is 2. The van der Waals surface area contributed by atoms with Gasteiger partial charge < -0.3 is 10.2 Å². The summed E-state index contributed by atoms with van der Waals surface area (Å²) >= 11 is 1.34. The first-order valence-corrected chi connectivity index (χ1v) is 8.18. The third kappa shape index (κ3) is 2.24. The van der Waals surface area contributed by atoms with Crippen LogP contribution in [0.4, 0.5) is 0 Å². The Bertz CT molecular complexity index is 882. The van der Waals surface area contributed by atoms with Gasteiger partial charge in [-0.2, -0.15) is 0 Å². The molecule has 2 atom stereocenters. The molecule has 0 amide bonds. The Hall–Kier alpha value is -2.22. The first kappa shape index (κ1) is 15.7. The molecule has 0 radical (unpaired) electrons. The Labute approximate surface area is 135 Å². The number of aromatic nitrogens is 2. The van der Waals surface area contributed by atoms with E-state index in [1.807, 2.05) is 0 Å². The molecule has 0 saturated carbocycles. The van der Waals surface area contributed by atoms with Gasteiger partial charge in [-0.15, -0.1) is 11.3 Å². The van der Waals surface area contributed by atoms with E-state index in [9.17, 15) is 24.6 Å². The van der Waals surface area contributed by atoms with Crippen molar-refractivity contribution >= 4 is 33.5 Å². The molecular weight excluding hydrogens is 320 g/mol. The quantitative estimate of drug-likeness (QED) is 0.882. The van der Waals surface area contributed by atoms with Crippen LogP contribution in [0.15, 0.2) is 4.79 Å². The summed E-state index contributed by atoms with van der Waals surface area (Å²) in [7, 11) is 0. The van der Waals surface area contributed by atoms with Crippen molar-refractivity contribution in [1.29, 1.82) is 0 Å². The number of rotatable bonds is 4. The molecule has 0 aliphatic heterocycles. The molecule has 7 nitrogen and oxygen atoms in total. The van der Waals surface area contributed by atoms with Crippen molar-refractivity contribution in [2.24, 2.45) is 0 Å². The van der Waals surface area contributed by atoms with E-state index in [1.54, 1.807) is 13.8 Å². The minimum Gasteiger partial charge on any atom is -0.481 e. The molecule has 8 heteroatoms. The molecule has 23 heavy (non-hydrogen) atoms. The number of fused-ring (bicyclic) bond motifs is 3. The second-order valence-electron chi connectivity index (χ2n) is 5.65. The van der Waals surface area contributed by atoms with E-state index >= 15 is 0 Å². The molecular formula is C15H16N2O5S. The zero-order valence-electron chi connectivity index (χ0n) is 12.7. The van der Waals surface area contributed by atoms with Gasteiger partial charge in [0.25, 0.3) is 5.56 Å². The summed E-state index contributed by atoms with van der Waals surface area (Å²) < 4.78 is 1.18. The lowest BCUT2D eigenvalue weighted by Crippen LogP contribution is -2.32. The van der Waals surface area contributed by atoms with Gasteiger partial charge >= 0.3 is 11.9 Å². The van der Waals surface area contributed by atoms with Gasteiger partial charge in [0.05, 0.1) is 11.3 Å². The fraction of sp³-hybridized carbons (Fsp3) is 0.467. The molecule has 2 N–H and O–H groups in total. The normalized spacial score (nSPS) is 18.1. The zero-order valence-corrected chi connectivity index (χ0v) is 13.5. The lowest BCUT2D eigenvalue weighted by atomic mass is 10.0. The largest absolute Gasteiger partial charge is 0.481 e. The topological polar surface area (TPSA) is 109 Å². The second-order valence-corrected chi connectivity index (χ2v) is 6.73. The highest BCUT2D eigenvalue weighted by Gasteiger charge is 2.35. The number of aliphatic carboxylic acids is 2. The monoisotopic (exact) mass is 336 g/mol. The molecule has 3 rings (SSSR count). The average Bonchev–Trinajstić information content (AvgIpc) is 3.00. The fourth-order valence-corrected chi connectivity index (χ4v) is 4.57. The molecule has 0 fully saturated rings. The molecule has 2 aromatic rings. The van der Waals surface area contributed by atoms with E-state index in [0.29, 0.717) is 29.1 Å². The van der Waals surface area contributed by atoms with Crippen molar-refractivity contribution < 1.29 is 19.8 Å². The highest BCUT2D eigenvalue weighted by Crippen LogP contribution is 2.42. The smallest absolute Gasteiger partial charge is 0.326 e. The minimum absolute atomic E-state index is 0.248. The Morgan fingerprint density at radius 1 is 1.43 bits per heavy atom. The SMILES string of the molecule is CCC(C(=O)O)n1c(C)nc2sc3c(c2c1=O)C(C(=O)O)CC3. The van der Waals surface area contributed by atoms with Crippen LogP contribution >= 0.6 is 11.3 Å². The van der Waals surface area contributed by atoms with Crippen LogP contribution in [0.3, 0.4) is 0 Å². The summed E-state index contributed by atoms with van der Waals surface area (Å²) in [6.07, 6.45) is 1.33. The number of hydrogen-bond acceptors (Lipinski definition) is 5. The zero-order chi connectivity index (χ0) is 16.9. The number of carboxylic acids is 2. The van der Waals surface area contributed by atoms with Crippen molar-refractivity contribution in [3.05, 3.63) is 26.6 Å². The lowest BCUT2D eigenvalue weighted by molar-refractivity contribution is -0.141. The first-order chi connectivity index (χ1) is 10.9. The van der Waals surface area contributed by atoms with Crippen LogP contribution in [0.5, 0.6) is 0 Å². The van der Waals surface area contributed by atoms with E-state index in [0.717, 1.165) is 4.88 Å². The van der Waals surface area contributed by atoms with Crippen molar-refractivity contribution in [2.75, 3.05) is 0 Å². The molecule has 0 aromatic carbocycles. The molecule has 2 heterocycles. The van der Waals surface area contributed by atoms with Crippen molar-refractivity contribution in [3.63, 3.8) is 0 Å². The molecule has 0 saturated heterocycles. The number of thiophene rings is 1. The predicted octanol–water partition coefficient (Wildman–Crippen LogP) is 1.92. The summed E-state index contributed by atoms with van der Waals surface area (Å²) in [6, 6.07) is -1.00. The second kappa shape index (κ2) is 5.45. The molecule has 0 spiro atoms. The maximum Gasteiger partial charge on any atom is 0.326 e. The number of hydrogen-bond donors (Lipinski definition) is 2. The maximum atomic E-state index is 12.9. The van der Waals surface area contributed by atoms with Crippen LogP contribution < -0.4 is 5.56 Å². The Kier molecular flexibility index (Phi) is 3.71. The van der Waals surface area contributed by atoms with Crippen molar-refractivity contribution in [2.45, 2.75) is 45.1 Å². The van der Waals surface area contributed by atoms with Gasteiger partial charge in [0.1, 0.15) is 16.7 Å². The molecule has 2 unspecified atom stereocenters. The van der Waals surface area contributed by atoms with E-state index in [4.69, 9.17) is 0 Å². The minimum atomic E-state index is -1.10. The van der Waals surface area contributed by atoms with Crippen LogP contribution in [0, 0.1) is 6.92 Å². The van der Waals surface area contributed by atoms with E-state index in [-0.39, 0.29) is 11.8 Å².